The van der Waals surface area contributed by atoms with Crippen LogP contribution in [0.5, 0.6) is 0 Å². The van der Waals surface area contributed by atoms with Crippen LogP contribution in [0, 0.1) is 0 Å². The van der Waals surface area contributed by atoms with Gasteiger partial charge in [0.2, 0.25) is 5.91 Å². The number of nitrogens with one attached hydrogen (secondary N) is 1. The Balaban J connectivity index is 2.71. The van der Waals surface area contributed by atoms with Crippen LogP contribution in [0.25, 0.3) is 0 Å². The van der Waals surface area contributed by atoms with E-state index in [-0.39, 0.29) is 11.9 Å². The van der Waals surface area contributed by atoms with Gasteiger partial charge in [0.1, 0.15) is 6.04 Å². The van der Waals surface area contributed by atoms with Crippen molar-refractivity contribution in [2.24, 2.45) is 0 Å². The van der Waals surface area contributed by atoms with Gasteiger partial charge in [-0.25, -0.2) is 0 Å². The Morgan fingerprint density at radius 1 is 1.53 bits per heavy atom. The number of carbonyl (C=O) groups is 1. The van der Waals surface area contributed by atoms with Crippen LogP contribution >= 0.6 is 0 Å². The number of piperazine rings is 1. The molecule has 0 aromatic heterocycles. The molecule has 88 valence electrons. The molecular formula is C11H23N3O. The number of amides is 1. The minimum absolute atomic E-state index is 0.0242. The van der Waals surface area contributed by atoms with Crippen molar-refractivity contribution in [1.82, 2.24) is 15.1 Å². The molecule has 4 heteroatoms. The summed E-state index contributed by atoms with van der Waals surface area (Å²) in [5, 5.41) is 3.10. The van der Waals surface area contributed by atoms with E-state index in [1.807, 2.05) is 19.0 Å². The number of rotatable bonds is 4. The lowest BCUT2D eigenvalue weighted by molar-refractivity contribution is -0.143. The molecule has 0 aromatic carbocycles. The highest BCUT2D eigenvalue weighted by Gasteiger charge is 2.35. The quantitative estimate of drug-likeness (QED) is 0.722. The zero-order chi connectivity index (χ0) is 11.4. The molecule has 0 bridgehead atoms. The summed E-state index contributed by atoms with van der Waals surface area (Å²) in [4.78, 5) is 16.2. The molecular weight excluding hydrogens is 190 g/mol. The maximum atomic E-state index is 12.1. The maximum Gasteiger partial charge on any atom is 0.241 e. The van der Waals surface area contributed by atoms with E-state index >= 15 is 0 Å². The van der Waals surface area contributed by atoms with E-state index in [1.54, 1.807) is 0 Å². The average molecular weight is 213 g/mol. The lowest BCUT2D eigenvalue weighted by atomic mass is 10.1. The first-order chi connectivity index (χ1) is 7.11. The van der Waals surface area contributed by atoms with Gasteiger partial charge in [-0.05, 0) is 26.9 Å². The Labute approximate surface area is 92.6 Å². The monoisotopic (exact) mass is 213 g/mol. The van der Waals surface area contributed by atoms with Crippen LogP contribution < -0.4 is 5.32 Å². The third kappa shape index (κ3) is 2.69. The summed E-state index contributed by atoms with van der Waals surface area (Å²) in [5.74, 6) is 0.247. The van der Waals surface area contributed by atoms with Gasteiger partial charge in [-0.15, -0.1) is 0 Å². The number of nitrogens with zero attached hydrogens (tertiary/aromatic N) is 2. The molecule has 4 nitrogen and oxygen atoms in total. The predicted molar refractivity (Wildman–Crippen MR) is 61.8 cm³/mol. The zero-order valence-corrected chi connectivity index (χ0v) is 10.3. The van der Waals surface area contributed by atoms with Crippen molar-refractivity contribution in [3.63, 3.8) is 0 Å². The van der Waals surface area contributed by atoms with Crippen molar-refractivity contribution in [2.45, 2.75) is 32.4 Å². The lowest BCUT2D eigenvalue weighted by Gasteiger charge is -2.43. The molecule has 0 radical (unpaired) electrons. The van der Waals surface area contributed by atoms with E-state index in [9.17, 15) is 4.79 Å². The molecule has 1 saturated heterocycles. The molecule has 1 aliphatic heterocycles. The van der Waals surface area contributed by atoms with E-state index in [0.29, 0.717) is 6.04 Å². The van der Waals surface area contributed by atoms with Gasteiger partial charge in [-0.2, -0.15) is 0 Å². The predicted octanol–water partition coefficient (Wildman–Crippen LogP) is 0.147. The Morgan fingerprint density at radius 2 is 2.20 bits per heavy atom. The SMILES string of the molecule is CCCN1CC(C)N(C)C(=O)C1CNC. The van der Waals surface area contributed by atoms with Crippen LogP contribution in [0.4, 0.5) is 0 Å². The smallest absolute Gasteiger partial charge is 0.241 e. The minimum atomic E-state index is 0.0242. The van der Waals surface area contributed by atoms with Crippen LogP contribution in [-0.4, -0.2) is 61.5 Å². The van der Waals surface area contributed by atoms with Crippen molar-refractivity contribution >= 4 is 5.91 Å². The van der Waals surface area contributed by atoms with Crippen molar-refractivity contribution in [1.29, 1.82) is 0 Å². The van der Waals surface area contributed by atoms with Crippen LogP contribution in [0.2, 0.25) is 0 Å². The summed E-state index contributed by atoms with van der Waals surface area (Å²) in [7, 11) is 3.80. The number of carbonyl (C=O) groups excluding carboxylic acids is 1. The molecule has 1 fully saturated rings. The first kappa shape index (κ1) is 12.5. The highest BCUT2D eigenvalue weighted by atomic mass is 16.2. The van der Waals surface area contributed by atoms with Crippen molar-refractivity contribution in [3.05, 3.63) is 0 Å². The summed E-state index contributed by atoms with van der Waals surface area (Å²) >= 11 is 0. The fourth-order valence-electron chi connectivity index (χ4n) is 2.14. The molecule has 0 saturated carbocycles. The molecule has 1 aliphatic rings. The first-order valence-corrected chi connectivity index (χ1v) is 5.77. The van der Waals surface area contributed by atoms with E-state index in [1.165, 1.54) is 0 Å². The summed E-state index contributed by atoms with van der Waals surface area (Å²) in [6.45, 7) is 7.01. The summed E-state index contributed by atoms with van der Waals surface area (Å²) in [5.41, 5.74) is 0. The molecule has 0 aromatic rings. The largest absolute Gasteiger partial charge is 0.340 e. The maximum absolute atomic E-state index is 12.1. The highest BCUT2D eigenvalue weighted by molar-refractivity contribution is 5.83. The second-order valence-corrected chi connectivity index (χ2v) is 4.37. The third-order valence-corrected chi connectivity index (χ3v) is 3.14. The average Bonchev–Trinajstić information content (AvgIpc) is 2.21. The topological polar surface area (TPSA) is 35.6 Å². The van der Waals surface area contributed by atoms with E-state index < -0.39 is 0 Å². The third-order valence-electron chi connectivity index (χ3n) is 3.14. The lowest BCUT2D eigenvalue weighted by Crippen LogP contribution is -2.62. The molecule has 1 amide bonds. The molecule has 0 aliphatic carbocycles. The molecule has 0 spiro atoms. The number of hydrogen-bond acceptors (Lipinski definition) is 3. The second-order valence-electron chi connectivity index (χ2n) is 4.37. The molecule has 1 rings (SSSR count). The first-order valence-electron chi connectivity index (χ1n) is 5.77. The van der Waals surface area contributed by atoms with Gasteiger partial charge >= 0.3 is 0 Å². The summed E-state index contributed by atoms with van der Waals surface area (Å²) < 4.78 is 0. The zero-order valence-electron chi connectivity index (χ0n) is 10.3. The summed E-state index contributed by atoms with van der Waals surface area (Å²) in [6.07, 6.45) is 1.10. The van der Waals surface area contributed by atoms with Crippen LogP contribution in [-0.2, 0) is 4.79 Å². The molecule has 1 heterocycles. The van der Waals surface area contributed by atoms with Gasteiger partial charge in [0.25, 0.3) is 0 Å². The molecule has 15 heavy (non-hydrogen) atoms. The Morgan fingerprint density at radius 3 is 2.73 bits per heavy atom. The Hall–Kier alpha value is -0.610. The Bertz CT molecular complexity index is 220. The normalized spacial score (nSPS) is 28.5. The van der Waals surface area contributed by atoms with Crippen molar-refractivity contribution in [3.8, 4) is 0 Å². The van der Waals surface area contributed by atoms with Gasteiger partial charge in [0.15, 0.2) is 0 Å². The van der Waals surface area contributed by atoms with Gasteiger partial charge in [0, 0.05) is 26.2 Å². The van der Waals surface area contributed by atoms with Gasteiger partial charge in [0.05, 0.1) is 0 Å². The fraction of sp³-hybridized carbons (Fsp3) is 0.909. The van der Waals surface area contributed by atoms with Crippen LogP contribution in [0.1, 0.15) is 20.3 Å². The molecule has 2 unspecified atom stereocenters. The van der Waals surface area contributed by atoms with E-state index in [2.05, 4.69) is 24.1 Å². The van der Waals surface area contributed by atoms with Crippen molar-refractivity contribution in [2.75, 3.05) is 33.7 Å². The second kappa shape index (κ2) is 5.47. The van der Waals surface area contributed by atoms with Crippen LogP contribution in [0.15, 0.2) is 0 Å². The van der Waals surface area contributed by atoms with Crippen LogP contribution in [0.3, 0.4) is 0 Å². The van der Waals surface area contributed by atoms with Gasteiger partial charge in [-0.3, -0.25) is 9.69 Å². The Kier molecular flexibility index (Phi) is 4.54. The number of likely N-dealkylation sites (N-methyl/N-ethyl adjacent to an activating group) is 2. The van der Waals surface area contributed by atoms with E-state index in [4.69, 9.17) is 0 Å². The minimum Gasteiger partial charge on any atom is -0.340 e. The fourth-order valence-corrected chi connectivity index (χ4v) is 2.14. The summed E-state index contributed by atoms with van der Waals surface area (Å²) in [6, 6.07) is 0.355. The molecule has 2 atom stereocenters. The van der Waals surface area contributed by atoms with Gasteiger partial charge < -0.3 is 10.2 Å². The highest BCUT2D eigenvalue weighted by Crippen LogP contribution is 2.14. The molecule has 1 N–H and O–H groups in total. The van der Waals surface area contributed by atoms with Gasteiger partial charge in [-0.1, -0.05) is 6.92 Å². The standard InChI is InChI=1S/C11H23N3O/c1-5-6-14-8-9(2)13(4)11(15)10(14)7-12-3/h9-10,12H,5-8H2,1-4H3. The van der Waals surface area contributed by atoms with E-state index in [0.717, 1.165) is 26.1 Å². The number of hydrogen-bond donors (Lipinski definition) is 1. The van der Waals surface area contributed by atoms with Crippen molar-refractivity contribution < 1.29 is 4.79 Å².